The molecule has 0 spiro atoms. The second kappa shape index (κ2) is 8.67. The molecule has 6 heteroatoms. The monoisotopic (exact) mass is 402 g/mol. The average Bonchev–Trinajstić information content (AvgIpc) is 3.09. The zero-order valence-electron chi connectivity index (χ0n) is 15.9. The summed E-state index contributed by atoms with van der Waals surface area (Å²) in [7, 11) is 0. The number of ether oxygens (including phenoxy) is 2. The number of aromatic nitrogens is 1. The molecule has 1 aliphatic rings. The van der Waals surface area contributed by atoms with Gasteiger partial charge in [-0.15, -0.1) is 12.4 Å². The lowest BCUT2D eigenvalue weighted by molar-refractivity contribution is 0.287. The zero-order valence-corrected chi connectivity index (χ0v) is 16.8. The molecule has 4 nitrogen and oxygen atoms in total. The Kier molecular flexibility index (Phi) is 6.27. The Morgan fingerprint density at radius 2 is 1.75 bits per heavy atom. The van der Waals surface area contributed by atoms with Gasteiger partial charge in [0.05, 0.1) is 24.9 Å². The van der Waals surface area contributed by atoms with Crippen molar-refractivity contribution in [3.8, 4) is 17.2 Å². The summed E-state index contributed by atoms with van der Waals surface area (Å²) >= 11 is 0. The van der Waals surface area contributed by atoms with Crippen LogP contribution in [0, 0.1) is 5.82 Å². The summed E-state index contributed by atoms with van der Waals surface area (Å²) in [6, 6.07) is 14.7. The molecular formula is C22H24ClFN2O2. The van der Waals surface area contributed by atoms with Crippen molar-refractivity contribution in [2.75, 3.05) is 13.2 Å². The highest BCUT2D eigenvalue weighted by atomic mass is 35.5. The first kappa shape index (κ1) is 20.2. The molecule has 1 aliphatic heterocycles. The fourth-order valence-corrected chi connectivity index (χ4v) is 3.64. The lowest BCUT2D eigenvalue weighted by atomic mass is 10.0. The molecule has 0 bridgehead atoms. The van der Waals surface area contributed by atoms with Crippen LogP contribution in [-0.4, -0.2) is 17.8 Å². The number of halogens is 2. The maximum Gasteiger partial charge on any atom is 0.163 e. The third-order valence-corrected chi connectivity index (χ3v) is 4.79. The number of hydrogen-bond donors (Lipinski definition) is 1. The lowest BCUT2D eigenvalue weighted by Crippen LogP contribution is -2.22. The lowest BCUT2D eigenvalue weighted by Gasteiger charge is -2.18. The average molecular weight is 403 g/mol. The molecular weight excluding hydrogens is 379 g/mol. The summed E-state index contributed by atoms with van der Waals surface area (Å²) in [6.07, 6.45) is 2.01. The van der Waals surface area contributed by atoms with Crippen molar-refractivity contribution >= 4 is 12.4 Å². The molecule has 0 fully saturated rings. The first-order valence-electron chi connectivity index (χ1n) is 9.30. The number of fused-ring (bicyclic) bond motifs is 3. The normalized spacial score (nSPS) is 15.0. The van der Waals surface area contributed by atoms with Crippen LogP contribution in [0.3, 0.4) is 0 Å². The van der Waals surface area contributed by atoms with Crippen LogP contribution in [-0.2, 0) is 6.54 Å². The van der Waals surface area contributed by atoms with E-state index in [2.05, 4.69) is 9.88 Å². The van der Waals surface area contributed by atoms with E-state index < -0.39 is 0 Å². The van der Waals surface area contributed by atoms with E-state index in [0.717, 1.165) is 28.4 Å². The van der Waals surface area contributed by atoms with Gasteiger partial charge >= 0.3 is 0 Å². The van der Waals surface area contributed by atoms with E-state index in [1.165, 1.54) is 6.07 Å². The van der Waals surface area contributed by atoms with Crippen LogP contribution in [0.2, 0.25) is 0 Å². The quantitative estimate of drug-likeness (QED) is 0.650. The van der Waals surface area contributed by atoms with Gasteiger partial charge in [-0.25, -0.2) is 4.39 Å². The predicted molar refractivity (Wildman–Crippen MR) is 110 cm³/mol. The summed E-state index contributed by atoms with van der Waals surface area (Å²) < 4.78 is 28.2. The molecule has 1 unspecified atom stereocenters. The highest BCUT2D eigenvalue weighted by Gasteiger charge is 2.26. The van der Waals surface area contributed by atoms with Crippen LogP contribution in [0.4, 0.5) is 4.39 Å². The van der Waals surface area contributed by atoms with E-state index in [0.29, 0.717) is 25.3 Å². The van der Waals surface area contributed by atoms with Gasteiger partial charge in [0.2, 0.25) is 0 Å². The Labute approximate surface area is 170 Å². The largest absolute Gasteiger partial charge is 0.490 e. The second-order valence-electron chi connectivity index (χ2n) is 6.43. The van der Waals surface area contributed by atoms with Crippen molar-refractivity contribution in [2.45, 2.75) is 26.4 Å². The Bertz CT molecular complexity index is 957. The smallest absolute Gasteiger partial charge is 0.163 e. The standard InChI is InChI=1S/C22H23FN2O2.ClH/c1-3-26-20-12-15-14-24-22(16-8-5-6-9-17(16)23)18-10-7-11-25(18)19(15)13-21(20)27-4-2;/h5-13,22,24H,3-4,14H2,1-2H3;1H. The van der Waals surface area contributed by atoms with E-state index >= 15 is 0 Å². The molecule has 3 aromatic rings. The Balaban J connectivity index is 0.00000225. The molecule has 0 saturated heterocycles. The molecule has 4 rings (SSSR count). The van der Waals surface area contributed by atoms with Crippen molar-refractivity contribution in [3.63, 3.8) is 0 Å². The summed E-state index contributed by atoms with van der Waals surface area (Å²) in [5, 5.41) is 3.50. The van der Waals surface area contributed by atoms with E-state index in [4.69, 9.17) is 9.47 Å². The van der Waals surface area contributed by atoms with Crippen LogP contribution in [0.1, 0.15) is 36.7 Å². The Morgan fingerprint density at radius 3 is 2.46 bits per heavy atom. The highest BCUT2D eigenvalue weighted by Crippen LogP contribution is 2.37. The fourth-order valence-electron chi connectivity index (χ4n) is 3.64. The van der Waals surface area contributed by atoms with Gasteiger partial charge in [-0.2, -0.15) is 0 Å². The minimum atomic E-state index is -0.236. The van der Waals surface area contributed by atoms with Gasteiger partial charge in [-0.05, 0) is 43.7 Å². The third-order valence-electron chi connectivity index (χ3n) is 4.79. The Morgan fingerprint density at radius 1 is 1.04 bits per heavy atom. The van der Waals surface area contributed by atoms with Gasteiger partial charge in [-0.1, -0.05) is 18.2 Å². The zero-order chi connectivity index (χ0) is 18.8. The molecule has 28 heavy (non-hydrogen) atoms. The number of rotatable bonds is 5. The fraction of sp³-hybridized carbons (Fsp3) is 0.273. The summed E-state index contributed by atoms with van der Waals surface area (Å²) in [6.45, 7) is 5.64. The summed E-state index contributed by atoms with van der Waals surface area (Å²) in [5.74, 6) is 1.25. The van der Waals surface area contributed by atoms with Gasteiger partial charge in [0, 0.05) is 30.1 Å². The molecule has 1 aromatic heterocycles. The van der Waals surface area contributed by atoms with E-state index in [1.807, 2.05) is 56.4 Å². The molecule has 1 N–H and O–H groups in total. The van der Waals surface area contributed by atoms with Crippen LogP contribution >= 0.6 is 12.4 Å². The summed E-state index contributed by atoms with van der Waals surface area (Å²) in [4.78, 5) is 0. The molecule has 2 heterocycles. The van der Waals surface area contributed by atoms with Crippen molar-refractivity contribution < 1.29 is 13.9 Å². The van der Waals surface area contributed by atoms with Gasteiger partial charge in [0.25, 0.3) is 0 Å². The molecule has 2 aromatic carbocycles. The maximum atomic E-state index is 14.5. The predicted octanol–water partition coefficient (Wildman–Crippen LogP) is 5.03. The highest BCUT2D eigenvalue weighted by molar-refractivity contribution is 5.85. The van der Waals surface area contributed by atoms with Crippen LogP contribution in [0.15, 0.2) is 54.7 Å². The third kappa shape index (κ3) is 3.60. The van der Waals surface area contributed by atoms with Gasteiger partial charge in [-0.3, -0.25) is 0 Å². The molecule has 0 radical (unpaired) electrons. The maximum absolute atomic E-state index is 14.5. The van der Waals surface area contributed by atoms with Crippen molar-refractivity contribution in [3.05, 3.63) is 77.4 Å². The van der Waals surface area contributed by atoms with Gasteiger partial charge in [0.15, 0.2) is 11.5 Å². The van der Waals surface area contributed by atoms with E-state index in [-0.39, 0.29) is 24.3 Å². The first-order chi connectivity index (χ1) is 13.2. The van der Waals surface area contributed by atoms with Crippen molar-refractivity contribution in [1.82, 2.24) is 9.88 Å². The SMILES string of the molecule is CCOc1cc2c(cc1OCC)-n1cccc1C(c1ccccc1F)NC2.Cl. The first-order valence-corrected chi connectivity index (χ1v) is 9.30. The van der Waals surface area contributed by atoms with Crippen LogP contribution in [0.25, 0.3) is 5.69 Å². The topological polar surface area (TPSA) is 35.4 Å². The minimum Gasteiger partial charge on any atom is -0.490 e. The molecule has 0 amide bonds. The molecule has 0 saturated carbocycles. The molecule has 0 aliphatic carbocycles. The number of benzene rings is 2. The van der Waals surface area contributed by atoms with Crippen molar-refractivity contribution in [1.29, 1.82) is 0 Å². The molecule has 148 valence electrons. The van der Waals surface area contributed by atoms with E-state index in [1.54, 1.807) is 6.07 Å². The van der Waals surface area contributed by atoms with Crippen LogP contribution < -0.4 is 14.8 Å². The minimum absolute atomic E-state index is 0. The van der Waals surface area contributed by atoms with Gasteiger partial charge in [0.1, 0.15) is 5.82 Å². The molecule has 1 atom stereocenters. The van der Waals surface area contributed by atoms with Crippen LogP contribution in [0.5, 0.6) is 11.5 Å². The number of nitrogens with zero attached hydrogens (tertiary/aromatic N) is 1. The van der Waals surface area contributed by atoms with E-state index in [9.17, 15) is 4.39 Å². The summed E-state index contributed by atoms with van der Waals surface area (Å²) in [5.41, 5.74) is 3.73. The number of hydrogen-bond acceptors (Lipinski definition) is 3. The van der Waals surface area contributed by atoms with Gasteiger partial charge < -0.3 is 19.4 Å². The Hall–Kier alpha value is -2.50. The number of nitrogens with one attached hydrogen (secondary N) is 1. The van der Waals surface area contributed by atoms with Crippen molar-refractivity contribution in [2.24, 2.45) is 0 Å². The second-order valence-corrected chi connectivity index (χ2v) is 6.43.